The number of hydrogen-bond acceptors (Lipinski definition) is 2. The summed E-state index contributed by atoms with van der Waals surface area (Å²) in [6, 6.07) is 0. The highest BCUT2D eigenvalue weighted by Gasteiger charge is 2.23. The van der Waals surface area contributed by atoms with E-state index >= 15 is 0 Å². The Hall–Kier alpha value is -0.860. The lowest BCUT2D eigenvalue weighted by atomic mass is 10.3. The molecule has 0 atom stereocenters. The van der Waals surface area contributed by atoms with Gasteiger partial charge in [-0.2, -0.15) is 5.32 Å². The molecular formula is C3H2NO2. The molecule has 1 saturated heterocycles. The summed E-state index contributed by atoms with van der Waals surface area (Å²) in [4.78, 5) is 19.4. The molecule has 1 aliphatic heterocycles. The third kappa shape index (κ3) is 0.282. The first-order valence-electron chi connectivity index (χ1n) is 1.56. The van der Waals surface area contributed by atoms with Crippen LogP contribution in [0.4, 0.5) is 0 Å². The topological polar surface area (TPSA) is 48.2 Å². The smallest absolute Gasteiger partial charge is 0.258 e. The molecule has 0 saturated carbocycles. The van der Waals surface area contributed by atoms with Crippen molar-refractivity contribution >= 4 is 11.8 Å². The van der Waals surface area contributed by atoms with Crippen molar-refractivity contribution < 1.29 is 9.59 Å². The van der Waals surface area contributed by atoms with E-state index in [4.69, 9.17) is 0 Å². The van der Waals surface area contributed by atoms with Crippen LogP contribution in [0.15, 0.2) is 0 Å². The second-order valence-corrected chi connectivity index (χ2v) is 1.08. The molecule has 1 heterocycles. The molecule has 0 aromatic rings. The van der Waals surface area contributed by atoms with Gasteiger partial charge in [-0.1, -0.05) is 0 Å². The maximum atomic E-state index is 9.72. The van der Waals surface area contributed by atoms with Crippen LogP contribution in [0.1, 0.15) is 6.42 Å². The van der Waals surface area contributed by atoms with Gasteiger partial charge in [-0.15, -0.1) is 0 Å². The normalized spacial score (nSPS) is 19.3. The number of rotatable bonds is 0. The molecule has 0 aliphatic carbocycles. The monoisotopic (exact) mass is 84.0 g/mol. The predicted octanol–water partition coefficient (Wildman–Crippen LogP) is -0.952. The minimum Gasteiger partial charge on any atom is -0.272 e. The molecule has 1 radical (unpaired) electrons. The Labute approximate surface area is 34.3 Å². The van der Waals surface area contributed by atoms with Gasteiger partial charge in [-0.3, -0.25) is 9.59 Å². The summed E-state index contributed by atoms with van der Waals surface area (Å²) in [6.45, 7) is 0. The number of carbonyl (C=O) groups excluding carboxylic acids is 2. The third-order valence-corrected chi connectivity index (χ3v) is 0.552. The molecule has 2 amide bonds. The number of imide groups is 1. The highest BCUT2D eigenvalue weighted by molar-refractivity contribution is 6.14. The highest BCUT2D eigenvalue weighted by Crippen LogP contribution is 1.92. The van der Waals surface area contributed by atoms with Crippen molar-refractivity contribution in [3.05, 3.63) is 0 Å². The first kappa shape index (κ1) is 3.33. The van der Waals surface area contributed by atoms with Crippen molar-refractivity contribution in [2.75, 3.05) is 0 Å². The van der Waals surface area contributed by atoms with E-state index in [1.54, 1.807) is 0 Å². The Morgan fingerprint density at radius 1 is 1.33 bits per heavy atom. The lowest BCUT2D eigenvalue weighted by molar-refractivity contribution is -0.141. The summed E-state index contributed by atoms with van der Waals surface area (Å²) >= 11 is 0. The van der Waals surface area contributed by atoms with E-state index in [9.17, 15) is 9.59 Å². The SMILES string of the molecule is O=C1CC(=O)[N]1. The van der Waals surface area contributed by atoms with Gasteiger partial charge >= 0.3 is 0 Å². The largest absolute Gasteiger partial charge is 0.272 e. The van der Waals surface area contributed by atoms with E-state index in [2.05, 4.69) is 5.32 Å². The van der Waals surface area contributed by atoms with Crippen LogP contribution in [-0.4, -0.2) is 11.8 Å². The van der Waals surface area contributed by atoms with E-state index in [1.165, 1.54) is 0 Å². The van der Waals surface area contributed by atoms with Crippen molar-refractivity contribution in [3.63, 3.8) is 0 Å². The number of amides is 2. The van der Waals surface area contributed by atoms with Gasteiger partial charge in [0.15, 0.2) is 0 Å². The quantitative estimate of drug-likeness (QED) is 0.280. The number of β-lactam (4-membered cyclic amide) rings is 2. The molecule has 31 valence electrons. The fourth-order valence-electron chi connectivity index (χ4n) is 0.256. The van der Waals surface area contributed by atoms with Gasteiger partial charge in [0, 0.05) is 0 Å². The summed E-state index contributed by atoms with van der Waals surface area (Å²) in [6.07, 6.45) is 0.0278. The van der Waals surface area contributed by atoms with Gasteiger partial charge in [-0.05, 0) is 0 Å². The van der Waals surface area contributed by atoms with Gasteiger partial charge in [0.1, 0.15) is 6.42 Å². The summed E-state index contributed by atoms with van der Waals surface area (Å²) in [5.74, 6) is -0.583. The molecule has 0 bridgehead atoms. The standard InChI is InChI=1S/C3H2NO2/c5-2-1-3(6)4-2/h1H2. The first-order chi connectivity index (χ1) is 2.79. The van der Waals surface area contributed by atoms with E-state index in [1.807, 2.05) is 0 Å². The van der Waals surface area contributed by atoms with Gasteiger partial charge in [0.25, 0.3) is 11.8 Å². The average Bonchev–Trinajstić information content (AvgIpc) is 1.33. The van der Waals surface area contributed by atoms with E-state index in [0.29, 0.717) is 0 Å². The molecule has 0 N–H and O–H groups in total. The summed E-state index contributed by atoms with van der Waals surface area (Å²) in [7, 11) is 0. The Balaban J connectivity index is 2.47. The minimum atomic E-state index is -0.292. The van der Waals surface area contributed by atoms with Crippen molar-refractivity contribution in [1.82, 2.24) is 5.32 Å². The maximum Gasteiger partial charge on any atom is 0.258 e. The Bertz CT molecular complexity index is 85.4. The second-order valence-electron chi connectivity index (χ2n) is 1.08. The fourth-order valence-corrected chi connectivity index (χ4v) is 0.256. The van der Waals surface area contributed by atoms with E-state index < -0.39 is 0 Å². The molecule has 0 aromatic carbocycles. The molecule has 3 heteroatoms. The van der Waals surface area contributed by atoms with Crippen molar-refractivity contribution in [2.24, 2.45) is 0 Å². The zero-order chi connectivity index (χ0) is 4.57. The second kappa shape index (κ2) is 0.801. The lowest BCUT2D eigenvalue weighted by Gasteiger charge is -2.03. The number of nitrogens with zero attached hydrogens (tertiary/aromatic N) is 1. The molecule has 1 rings (SSSR count). The van der Waals surface area contributed by atoms with Gasteiger partial charge in [0.05, 0.1) is 0 Å². The van der Waals surface area contributed by atoms with Crippen molar-refractivity contribution in [3.8, 4) is 0 Å². The predicted molar refractivity (Wildman–Crippen MR) is 16.8 cm³/mol. The molecule has 0 aromatic heterocycles. The lowest BCUT2D eigenvalue weighted by Crippen LogP contribution is -2.36. The average molecular weight is 84.1 g/mol. The summed E-state index contributed by atoms with van der Waals surface area (Å²) < 4.78 is 0. The molecule has 3 nitrogen and oxygen atoms in total. The van der Waals surface area contributed by atoms with Crippen molar-refractivity contribution in [2.45, 2.75) is 6.42 Å². The van der Waals surface area contributed by atoms with Crippen LogP contribution in [0, 0.1) is 0 Å². The molecule has 0 spiro atoms. The van der Waals surface area contributed by atoms with Crippen LogP contribution < -0.4 is 5.32 Å². The third-order valence-electron chi connectivity index (χ3n) is 0.552. The van der Waals surface area contributed by atoms with Crippen LogP contribution in [0.3, 0.4) is 0 Å². The molecule has 1 fully saturated rings. The first-order valence-corrected chi connectivity index (χ1v) is 1.56. The fraction of sp³-hybridized carbons (Fsp3) is 0.333. The van der Waals surface area contributed by atoms with E-state index in [-0.39, 0.29) is 18.2 Å². The Kier molecular flexibility index (Phi) is 0.445. The Morgan fingerprint density at radius 2 is 1.67 bits per heavy atom. The van der Waals surface area contributed by atoms with E-state index in [0.717, 1.165) is 0 Å². The minimum absolute atomic E-state index is 0.0278. The van der Waals surface area contributed by atoms with Gasteiger partial charge in [0.2, 0.25) is 0 Å². The molecule has 6 heavy (non-hydrogen) atoms. The Morgan fingerprint density at radius 3 is 1.67 bits per heavy atom. The van der Waals surface area contributed by atoms with Crippen LogP contribution >= 0.6 is 0 Å². The molecule has 0 unspecified atom stereocenters. The zero-order valence-electron chi connectivity index (χ0n) is 2.97. The highest BCUT2D eigenvalue weighted by atomic mass is 16.2. The number of hydrogen-bond donors (Lipinski definition) is 0. The molecule has 1 aliphatic rings. The van der Waals surface area contributed by atoms with Crippen LogP contribution in [0.5, 0.6) is 0 Å². The van der Waals surface area contributed by atoms with Gasteiger partial charge < -0.3 is 0 Å². The van der Waals surface area contributed by atoms with Gasteiger partial charge in [-0.25, -0.2) is 0 Å². The summed E-state index contributed by atoms with van der Waals surface area (Å²) in [5, 5.41) is 2.94. The summed E-state index contributed by atoms with van der Waals surface area (Å²) in [5.41, 5.74) is 0. The van der Waals surface area contributed by atoms with Crippen LogP contribution in [0.25, 0.3) is 0 Å². The van der Waals surface area contributed by atoms with Crippen molar-refractivity contribution in [1.29, 1.82) is 0 Å². The van der Waals surface area contributed by atoms with Crippen LogP contribution in [0.2, 0.25) is 0 Å². The molecular weight excluding hydrogens is 82.0 g/mol. The van der Waals surface area contributed by atoms with Crippen LogP contribution in [-0.2, 0) is 9.59 Å². The maximum absolute atomic E-state index is 9.72. The number of carbonyl (C=O) groups is 2. The zero-order valence-corrected chi connectivity index (χ0v) is 2.97.